The second-order valence-corrected chi connectivity index (χ2v) is 5.25. The molecular weight excluding hydrogens is 268 g/mol. The molecule has 1 aromatic heterocycles. The van der Waals surface area contributed by atoms with Gasteiger partial charge in [0.1, 0.15) is 5.58 Å². The number of unbranched alkanes of at least 4 members (excludes halogenated alkanes) is 4. The molecule has 4 heteroatoms. The summed E-state index contributed by atoms with van der Waals surface area (Å²) in [6.45, 7) is 3.53. The summed E-state index contributed by atoms with van der Waals surface area (Å²) in [5, 5.41) is 9.70. The molecule has 0 spiro atoms. The standard InChI is InChI=1S/C17H22O4/c1-2-3-4-5-6-9-20-12-13-7-8-15-14(10-13)11-16(21-15)17(18)19/h7-8,10-11H,2-6,9,12H2,1H3,(H,18,19). The minimum absolute atomic E-state index is 0.0287. The predicted molar refractivity (Wildman–Crippen MR) is 81.6 cm³/mol. The molecule has 0 unspecified atom stereocenters. The third kappa shape index (κ3) is 4.60. The van der Waals surface area contributed by atoms with Crippen molar-refractivity contribution >= 4 is 16.9 Å². The van der Waals surface area contributed by atoms with Gasteiger partial charge >= 0.3 is 5.97 Å². The average Bonchev–Trinajstić information content (AvgIpc) is 2.90. The highest BCUT2D eigenvalue weighted by Gasteiger charge is 2.10. The molecule has 0 aliphatic rings. The summed E-state index contributed by atoms with van der Waals surface area (Å²) in [5.41, 5.74) is 1.63. The van der Waals surface area contributed by atoms with Gasteiger partial charge in [0, 0.05) is 12.0 Å². The van der Waals surface area contributed by atoms with Gasteiger partial charge in [-0.3, -0.25) is 0 Å². The van der Waals surface area contributed by atoms with E-state index in [1.165, 1.54) is 25.7 Å². The molecule has 0 fully saturated rings. The normalized spacial score (nSPS) is 11.1. The summed E-state index contributed by atoms with van der Waals surface area (Å²) in [6, 6.07) is 7.17. The second kappa shape index (κ2) is 7.84. The van der Waals surface area contributed by atoms with E-state index in [4.69, 9.17) is 14.3 Å². The smallest absolute Gasteiger partial charge is 0.371 e. The number of hydrogen-bond donors (Lipinski definition) is 1. The number of aromatic carboxylic acids is 1. The van der Waals surface area contributed by atoms with Gasteiger partial charge in [0.2, 0.25) is 5.76 Å². The van der Waals surface area contributed by atoms with E-state index in [1.54, 1.807) is 12.1 Å². The quantitative estimate of drug-likeness (QED) is 0.685. The Morgan fingerprint density at radius 1 is 1.19 bits per heavy atom. The van der Waals surface area contributed by atoms with Gasteiger partial charge < -0.3 is 14.3 Å². The van der Waals surface area contributed by atoms with E-state index < -0.39 is 5.97 Å². The van der Waals surface area contributed by atoms with Crippen LogP contribution in [0.5, 0.6) is 0 Å². The monoisotopic (exact) mass is 290 g/mol. The Morgan fingerprint density at radius 3 is 2.76 bits per heavy atom. The molecule has 0 saturated carbocycles. The molecular formula is C17H22O4. The molecule has 0 aliphatic carbocycles. The van der Waals surface area contributed by atoms with Gasteiger partial charge in [-0.15, -0.1) is 0 Å². The Kier molecular flexibility index (Phi) is 5.81. The number of fused-ring (bicyclic) bond motifs is 1. The molecule has 2 aromatic rings. The van der Waals surface area contributed by atoms with Crippen LogP contribution in [0.3, 0.4) is 0 Å². The molecule has 0 saturated heterocycles. The van der Waals surface area contributed by atoms with E-state index in [2.05, 4.69) is 6.92 Å². The van der Waals surface area contributed by atoms with Gasteiger partial charge in [-0.25, -0.2) is 4.79 Å². The molecule has 1 N–H and O–H groups in total. The zero-order valence-electron chi connectivity index (χ0n) is 12.4. The number of benzene rings is 1. The zero-order valence-corrected chi connectivity index (χ0v) is 12.4. The van der Waals surface area contributed by atoms with Crippen molar-refractivity contribution in [3.05, 3.63) is 35.6 Å². The molecule has 1 aromatic carbocycles. The van der Waals surface area contributed by atoms with Gasteiger partial charge in [-0.2, -0.15) is 0 Å². The predicted octanol–water partition coefficient (Wildman–Crippen LogP) is 4.62. The Labute approximate surface area is 124 Å². The van der Waals surface area contributed by atoms with Crippen LogP contribution in [0.2, 0.25) is 0 Å². The largest absolute Gasteiger partial charge is 0.475 e. The third-order valence-electron chi connectivity index (χ3n) is 3.45. The van der Waals surface area contributed by atoms with E-state index in [-0.39, 0.29) is 5.76 Å². The first kappa shape index (κ1) is 15.6. The molecule has 0 bridgehead atoms. The highest BCUT2D eigenvalue weighted by molar-refractivity contribution is 5.91. The fraction of sp³-hybridized carbons (Fsp3) is 0.471. The fourth-order valence-corrected chi connectivity index (χ4v) is 2.29. The van der Waals surface area contributed by atoms with Crippen molar-refractivity contribution in [2.24, 2.45) is 0 Å². The van der Waals surface area contributed by atoms with Gasteiger partial charge in [-0.1, -0.05) is 38.7 Å². The van der Waals surface area contributed by atoms with Crippen molar-refractivity contribution in [1.29, 1.82) is 0 Å². The van der Waals surface area contributed by atoms with E-state index in [0.29, 0.717) is 12.2 Å². The van der Waals surface area contributed by atoms with E-state index >= 15 is 0 Å². The molecule has 4 nitrogen and oxygen atoms in total. The molecule has 114 valence electrons. The molecule has 0 radical (unpaired) electrons. The molecule has 0 amide bonds. The number of ether oxygens (including phenoxy) is 1. The summed E-state index contributed by atoms with van der Waals surface area (Å²) >= 11 is 0. The molecule has 0 atom stereocenters. The van der Waals surface area contributed by atoms with Gasteiger partial charge in [0.25, 0.3) is 0 Å². The topological polar surface area (TPSA) is 59.7 Å². The van der Waals surface area contributed by atoms with Gasteiger partial charge in [-0.05, 0) is 30.2 Å². The zero-order chi connectivity index (χ0) is 15.1. The first-order valence-electron chi connectivity index (χ1n) is 7.54. The van der Waals surface area contributed by atoms with Crippen molar-refractivity contribution in [2.45, 2.75) is 45.6 Å². The maximum atomic E-state index is 10.9. The first-order chi connectivity index (χ1) is 10.2. The maximum absolute atomic E-state index is 10.9. The molecule has 1 heterocycles. The minimum atomic E-state index is -1.05. The lowest BCUT2D eigenvalue weighted by atomic mass is 10.1. The van der Waals surface area contributed by atoms with Crippen molar-refractivity contribution in [3.63, 3.8) is 0 Å². The summed E-state index contributed by atoms with van der Waals surface area (Å²) in [5.74, 6) is -1.07. The van der Waals surface area contributed by atoms with Crippen LogP contribution < -0.4 is 0 Å². The Hall–Kier alpha value is -1.81. The van der Waals surface area contributed by atoms with Crippen LogP contribution in [0.15, 0.2) is 28.7 Å². The lowest BCUT2D eigenvalue weighted by Gasteiger charge is -2.04. The first-order valence-corrected chi connectivity index (χ1v) is 7.54. The van der Waals surface area contributed by atoms with Crippen LogP contribution in [-0.2, 0) is 11.3 Å². The summed E-state index contributed by atoms with van der Waals surface area (Å²) < 4.78 is 10.9. The summed E-state index contributed by atoms with van der Waals surface area (Å²) in [6.07, 6.45) is 6.14. The van der Waals surface area contributed by atoms with Crippen LogP contribution >= 0.6 is 0 Å². The van der Waals surface area contributed by atoms with Gasteiger partial charge in [0.05, 0.1) is 6.61 Å². The van der Waals surface area contributed by atoms with Crippen LogP contribution in [-0.4, -0.2) is 17.7 Å². The van der Waals surface area contributed by atoms with Crippen LogP contribution in [0.1, 0.15) is 55.1 Å². The van der Waals surface area contributed by atoms with E-state index in [1.807, 2.05) is 12.1 Å². The second-order valence-electron chi connectivity index (χ2n) is 5.25. The Bertz CT molecular complexity index is 585. The van der Waals surface area contributed by atoms with Crippen LogP contribution in [0.4, 0.5) is 0 Å². The van der Waals surface area contributed by atoms with Gasteiger partial charge in [0.15, 0.2) is 0 Å². The SMILES string of the molecule is CCCCCCCOCc1ccc2oc(C(=O)O)cc2c1. The van der Waals surface area contributed by atoms with Crippen molar-refractivity contribution in [3.8, 4) is 0 Å². The van der Waals surface area contributed by atoms with Crippen LogP contribution in [0.25, 0.3) is 11.0 Å². The van der Waals surface area contributed by atoms with E-state index in [9.17, 15) is 4.79 Å². The number of carboxylic acid groups (broad SMARTS) is 1. The maximum Gasteiger partial charge on any atom is 0.371 e. The van der Waals surface area contributed by atoms with Crippen molar-refractivity contribution in [2.75, 3.05) is 6.61 Å². The fourth-order valence-electron chi connectivity index (χ4n) is 2.29. The van der Waals surface area contributed by atoms with Crippen molar-refractivity contribution < 1.29 is 19.1 Å². The number of carbonyl (C=O) groups is 1. The van der Waals surface area contributed by atoms with Crippen LogP contribution in [0, 0.1) is 0 Å². The number of furan rings is 1. The summed E-state index contributed by atoms with van der Waals surface area (Å²) in [7, 11) is 0. The number of carboxylic acids is 1. The molecule has 0 aliphatic heterocycles. The lowest BCUT2D eigenvalue weighted by molar-refractivity contribution is 0.0665. The van der Waals surface area contributed by atoms with E-state index in [0.717, 1.165) is 24.0 Å². The molecule has 2 rings (SSSR count). The highest BCUT2D eigenvalue weighted by Crippen LogP contribution is 2.21. The Morgan fingerprint density at radius 2 is 2.00 bits per heavy atom. The Balaban J connectivity index is 1.81. The van der Waals surface area contributed by atoms with Crippen molar-refractivity contribution in [1.82, 2.24) is 0 Å². The number of hydrogen-bond acceptors (Lipinski definition) is 3. The summed E-state index contributed by atoms with van der Waals surface area (Å²) in [4.78, 5) is 10.9. The molecule has 21 heavy (non-hydrogen) atoms. The lowest BCUT2D eigenvalue weighted by Crippen LogP contribution is -1.95. The highest BCUT2D eigenvalue weighted by atomic mass is 16.5. The minimum Gasteiger partial charge on any atom is -0.475 e. The number of rotatable bonds is 9. The average molecular weight is 290 g/mol. The third-order valence-corrected chi connectivity index (χ3v) is 3.45.